The molecule has 0 unspecified atom stereocenters. The molecule has 3 N–H and O–H groups in total. The fourth-order valence-electron chi connectivity index (χ4n) is 2.15. The molecule has 1 aliphatic rings. The number of para-hydroxylation sites is 1. The van der Waals surface area contributed by atoms with Crippen LogP contribution in [-0.2, 0) is 0 Å². The molecule has 5 nitrogen and oxygen atoms in total. The van der Waals surface area contributed by atoms with Crippen LogP contribution in [0.2, 0.25) is 0 Å². The first-order valence-electron chi connectivity index (χ1n) is 7.41. The van der Waals surface area contributed by atoms with Crippen molar-refractivity contribution in [2.24, 2.45) is 0 Å². The maximum Gasteiger partial charge on any atom is 0.224 e. The Labute approximate surface area is 124 Å². The van der Waals surface area contributed by atoms with E-state index >= 15 is 0 Å². The quantitative estimate of drug-likeness (QED) is 0.682. The Hall–Kier alpha value is -2.14. The van der Waals surface area contributed by atoms with Gasteiger partial charge in [-0.25, -0.2) is 4.98 Å². The second-order valence-corrected chi connectivity index (χ2v) is 5.27. The monoisotopic (exact) mass is 284 g/mol. The summed E-state index contributed by atoms with van der Waals surface area (Å²) in [5, 5.41) is 15.3. The van der Waals surface area contributed by atoms with Crippen LogP contribution in [0.25, 0.3) is 0 Å². The van der Waals surface area contributed by atoms with Crippen LogP contribution in [0.4, 0.5) is 17.5 Å². The number of aromatic nitrogens is 2. The van der Waals surface area contributed by atoms with Crippen molar-refractivity contribution in [1.29, 1.82) is 0 Å². The Bertz CT molecular complexity index is 584. The number of nitrogens with zero attached hydrogens (tertiary/aromatic N) is 2. The minimum atomic E-state index is 0.171. The van der Waals surface area contributed by atoms with Gasteiger partial charge in [0.25, 0.3) is 0 Å². The molecule has 2 aromatic rings. The van der Waals surface area contributed by atoms with E-state index in [0.29, 0.717) is 24.8 Å². The fraction of sp³-hybridized carbons (Fsp3) is 0.375. The zero-order valence-electron chi connectivity index (χ0n) is 11.9. The van der Waals surface area contributed by atoms with Crippen molar-refractivity contribution in [2.75, 3.05) is 23.8 Å². The fourth-order valence-corrected chi connectivity index (χ4v) is 2.15. The molecular formula is C16H20N4O. The van der Waals surface area contributed by atoms with Crippen molar-refractivity contribution in [3.63, 3.8) is 0 Å². The number of hydrogen-bond acceptors (Lipinski definition) is 5. The summed E-state index contributed by atoms with van der Waals surface area (Å²) in [6.07, 6.45) is 3.11. The minimum absolute atomic E-state index is 0.171. The third-order valence-electron chi connectivity index (χ3n) is 3.41. The smallest absolute Gasteiger partial charge is 0.224 e. The van der Waals surface area contributed by atoms with E-state index < -0.39 is 0 Å². The molecule has 21 heavy (non-hydrogen) atoms. The van der Waals surface area contributed by atoms with Gasteiger partial charge in [-0.15, -0.1) is 0 Å². The Morgan fingerprint density at radius 3 is 2.67 bits per heavy atom. The van der Waals surface area contributed by atoms with Crippen LogP contribution in [0.1, 0.15) is 30.9 Å². The van der Waals surface area contributed by atoms with E-state index in [1.165, 1.54) is 12.8 Å². The van der Waals surface area contributed by atoms with Gasteiger partial charge in [-0.05, 0) is 31.4 Å². The molecule has 0 amide bonds. The van der Waals surface area contributed by atoms with Crippen LogP contribution < -0.4 is 10.6 Å². The van der Waals surface area contributed by atoms with Gasteiger partial charge in [0.15, 0.2) is 0 Å². The topological polar surface area (TPSA) is 70.1 Å². The summed E-state index contributed by atoms with van der Waals surface area (Å²) in [6.45, 7) is 0.847. The average Bonchev–Trinajstić information content (AvgIpc) is 3.33. The lowest BCUT2D eigenvalue weighted by atomic mass is 10.2. The van der Waals surface area contributed by atoms with Gasteiger partial charge in [0.2, 0.25) is 5.95 Å². The Balaban J connectivity index is 1.77. The van der Waals surface area contributed by atoms with Crippen LogP contribution in [0, 0.1) is 0 Å². The molecule has 1 heterocycles. The van der Waals surface area contributed by atoms with Gasteiger partial charge in [-0.2, -0.15) is 4.98 Å². The van der Waals surface area contributed by atoms with E-state index in [1.807, 2.05) is 36.4 Å². The van der Waals surface area contributed by atoms with Gasteiger partial charge in [-0.1, -0.05) is 18.2 Å². The first-order chi connectivity index (χ1) is 10.3. The van der Waals surface area contributed by atoms with Crippen molar-refractivity contribution in [3.05, 3.63) is 42.1 Å². The molecule has 1 aliphatic carbocycles. The molecule has 1 aromatic heterocycles. The van der Waals surface area contributed by atoms with E-state index in [4.69, 9.17) is 5.11 Å². The minimum Gasteiger partial charge on any atom is -0.396 e. The third-order valence-corrected chi connectivity index (χ3v) is 3.41. The number of benzene rings is 1. The number of anilines is 3. The molecule has 0 bridgehead atoms. The predicted octanol–water partition coefficient (Wildman–Crippen LogP) is 2.89. The summed E-state index contributed by atoms with van der Waals surface area (Å²) in [7, 11) is 0. The second-order valence-electron chi connectivity index (χ2n) is 5.27. The lowest BCUT2D eigenvalue weighted by molar-refractivity contribution is 0.292. The van der Waals surface area contributed by atoms with Crippen molar-refractivity contribution < 1.29 is 5.11 Å². The summed E-state index contributed by atoms with van der Waals surface area (Å²) in [5.74, 6) is 2.01. The van der Waals surface area contributed by atoms with Crippen molar-refractivity contribution in [1.82, 2.24) is 9.97 Å². The molecule has 1 saturated carbocycles. The molecule has 0 saturated heterocycles. The van der Waals surface area contributed by atoms with E-state index in [9.17, 15) is 0 Å². The Kier molecular flexibility index (Phi) is 4.31. The average molecular weight is 284 g/mol. The molecular weight excluding hydrogens is 264 g/mol. The van der Waals surface area contributed by atoms with Gasteiger partial charge in [0.1, 0.15) is 5.82 Å². The largest absolute Gasteiger partial charge is 0.396 e. The molecule has 0 radical (unpaired) electrons. The molecule has 110 valence electrons. The first-order valence-corrected chi connectivity index (χ1v) is 7.41. The molecule has 1 fully saturated rings. The summed E-state index contributed by atoms with van der Waals surface area (Å²) in [4.78, 5) is 9.06. The number of aliphatic hydroxyl groups is 1. The third kappa shape index (κ3) is 3.92. The summed E-state index contributed by atoms with van der Waals surface area (Å²) in [5.41, 5.74) is 2.11. The van der Waals surface area contributed by atoms with E-state index in [0.717, 1.165) is 17.2 Å². The lowest BCUT2D eigenvalue weighted by Gasteiger charge is -2.10. The number of rotatable bonds is 7. The van der Waals surface area contributed by atoms with Crippen LogP contribution in [0.15, 0.2) is 36.4 Å². The highest BCUT2D eigenvalue weighted by molar-refractivity contribution is 5.57. The molecule has 0 spiro atoms. The van der Waals surface area contributed by atoms with Crippen LogP contribution in [0.5, 0.6) is 0 Å². The van der Waals surface area contributed by atoms with Gasteiger partial charge in [0.05, 0.1) is 5.69 Å². The van der Waals surface area contributed by atoms with E-state index in [-0.39, 0.29) is 6.61 Å². The Morgan fingerprint density at radius 1 is 1.14 bits per heavy atom. The second kappa shape index (κ2) is 6.54. The molecule has 0 atom stereocenters. The summed E-state index contributed by atoms with van der Waals surface area (Å²) < 4.78 is 0. The normalized spacial score (nSPS) is 14.0. The zero-order chi connectivity index (χ0) is 14.5. The number of aliphatic hydroxyl groups excluding tert-OH is 1. The highest BCUT2D eigenvalue weighted by Crippen LogP contribution is 2.40. The van der Waals surface area contributed by atoms with Gasteiger partial charge in [0, 0.05) is 30.8 Å². The van der Waals surface area contributed by atoms with Crippen molar-refractivity contribution in [3.8, 4) is 0 Å². The predicted molar refractivity (Wildman–Crippen MR) is 83.9 cm³/mol. The van der Waals surface area contributed by atoms with Gasteiger partial charge in [-0.3, -0.25) is 0 Å². The molecule has 3 rings (SSSR count). The highest BCUT2D eigenvalue weighted by Gasteiger charge is 2.26. The van der Waals surface area contributed by atoms with Crippen LogP contribution >= 0.6 is 0 Å². The lowest BCUT2D eigenvalue weighted by Crippen LogP contribution is -2.09. The maximum absolute atomic E-state index is 8.85. The molecule has 1 aromatic carbocycles. The van der Waals surface area contributed by atoms with Gasteiger partial charge >= 0.3 is 0 Å². The Morgan fingerprint density at radius 2 is 1.95 bits per heavy atom. The SMILES string of the molecule is OCCCNc1nc(Nc2ccccc2)cc(C2CC2)n1. The van der Waals surface area contributed by atoms with E-state index in [2.05, 4.69) is 20.6 Å². The molecule has 0 aliphatic heterocycles. The van der Waals surface area contributed by atoms with Gasteiger partial charge < -0.3 is 15.7 Å². The van der Waals surface area contributed by atoms with Crippen LogP contribution in [-0.4, -0.2) is 28.2 Å². The summed E-state index contributed by atoms with van der Waals surface area (Å²) >= 11 is 0. The van der Waals surface area contributed by atoms with E-state index in [1.54, 1.807) is 0 Å². The van der Waals surface area contributed by atoms with Crippen molar-refractivity contribution in [2.45, 2.75) is 25.2 Å². The zero-order valence-corrected chi connectivity index (χ0v) is 11.9. The highest BCUT2D eigenvalue weighted by atomic mass is 16.3. The standard InChI is InChI=1S/C16H20N4O/c21-10-4-9-17-16-19-14(12-7-8-12)11-15(20-16)18-13-5-2-1-3-6-13/h1-3,5-6,11-12,21H,4,7-10H2,(H2,17,18,19,20). The summed E-state index contributed by atoms with van der Waals surface area (Å²) in [6, 6.07) is 12.0. The molecule has 5 heteroatoms. The number of nitrogens with one attached hydrogen (secondary N) is 2. The maximum atomic E-state index is 8.85. The number of hydrogen-bond donors (Lipinski definition) is 3. The van der Waals surface area contributed by atoms with Crippen LogP contribution in [0.3, 0.4) is 0 Å². The van der Waals surface area contributed by atoms with Crippen molar-refractivity contribution >= 4 is 17.5 Å². The first kappa shape index (κ1) is 13.8.